The summed E-state index contributed by atoms with van der Waals surface area (Å²) in [6, 6.07) is 8.49. The van der Waals surface area contributed by atoms with Gasteiger partial charge in [0.1, 0.15) is 0 Å². The second-order valence-electron chi connectivity index (χ2n) is 4.71. The van der Waals surface area contributed by atoms with Gasteiger partial charge in [0.25, 0.3) is 0 Å². The van der Waals surface area contributed by atoms with Crippen LogP contribution in [0, 0.1) is 5.41 Å². The Hall–Kier alpha value is -0.710. The van der Waals surface area contributed by atoms with Crippen molar-refractivity contribution in [2.75, 3.05) is 44.6 Å². The van der Waals surface area contributed by atoms with Gasteiger partial charge in [0.2, 0.25) is 0 Å². The Bertz CT molecular complexity index is 357. The number of rotatable bonds is 5. The summed E-state index contributed by atoms with van der Waals surface area (Å²) in [6.07, 6.45) is 2.07. The van der Waals surface area contributed by atoms with E-state index in [0.29, 0.717) is 13.2 Å². The van der Waals surface area contributed by atoms with E-state index in [1.54, 1.807) is 11.8 Å². The number of ether oxygens (including phenoxy) is 1. The van der Waals surface area contributed by atoms with E-state index >= 15 is 0 Å². The van der Waals surface area contributed by atoms with Gasteiger partial charge < -0.3 is 14.7 Å². The first-order valence-electron chi connectivity index (χ1n) is 5.73. The zero-order chi connectivity index (χ0) is 12.3. The van der Waals surface area contributed by atoms with E-state index in [1.165, 1.54) is 10.6 Å². The van der Waals surface area contributed by atoms with Crippen molar-refractivity contribution < 1.29 is 9.84 Å². The second-order valence-corrected chi connectivity index (χ2v) is 5.58. The summed E-state index contributed by atoms with van der Waals surface area (Å²) in [6.45, 7) is 2.36. The van der Waals surface area contributed by atoms with Crippen molar-refractivity contribution >= 4 is 17.4 Å². The van der Waals surface area contributed by atoms with Gasteiger partial charge in [-0.3, -0.25) is 0 Å². The number of hydrogen-bond acceptors (Lipinski definition) is 4. The predicted molar refractivity (Wildman–Crippen MR) is 71.8 cm³/mol. The molecule has 0 bridgehead atoms. The van der Waals surface area contributed by atoms with Crippen LogP contribution in [0.5, 0.6) is 0 Å². The Balaban J connectivity index is 2.01. The van der Waals surface area contributed by atoms with Crippen molar-refractivity contribution in [2.24, 2.45) is 5.41 Å². The van der Waals surface area contributed by atoms with Crippen LogP contribution in [-0.4, -0.2) is 44.8 Å². The monoisotopic (exact) mass is 253 g/mol. The maximum Gasteiger partial charge on any atom is 0.0584 e. The van der Waals surface area contributed by atoms with Crippen LogP contribution in [0.1, 0.15) is 0 Å². The van der Waals surface area contributed by atoms with Crippen LogP contribution in [0.15, 0.2) is 29.2 Å². The molecule has 1 aromatic rings. The molecule has 3 nitrogen and oxygen atoms in total. The first kappa shape index (κ1) is 12.7. The Morgan fingerprint density at radius 1 is 1.35 bits per heavy atom. The van der Waals surface area contributed by atoms with Gasteiger partial charge >= 0.3 is 0 Å². The lowest BCUT2D eigenvalue weighted by molar-refractivity contribution is -0.130. The van der Waals surface area contributed by atoms with Crippen LogP contribution in [-0.2, 0) is 4.74 Å². The molecule has 0 radical (unpaired) electrons. The van der Waals surface area contributed by atoms with Crippen LogP contribution in [0.3, 0.4) is 0 Å². The van der Waals surface area contributed by atoms with Crippen molar-refractivity contribution in [1.82, 2.24) is 0 Å². The van der Waals surface area contributed by atoms with Gasteiger partial charge in [-0.15, -0.1) is 11.8 Å². The standard InChI is InChI=1S/C13H19NO2S/c1-14(7-13(8-15)9-16-10-13)11-3-5-12(17-2)6-4-11/h3-6,15H,7-10H2,1-2H3. The number of thioether (sulfide) groups is 1. The third-order valence-corrected chi connectivity index (χ3v) is 3.98. The second kappa shape index (κ2) is 5.29. The molecule has 94 valence electrons. The van der Waals surface area contributed by atoms with Gasteiger partial charge in [0, 0.05) is 24.2 Å². The summed E-state index contributed by atoms with van der Waals surface area (Å²) in [5.74, 6) is 0. The third-order valence-electron chi connectivity index (χ3n) is 3.24. The maximum atomic E-state index is 9.40. The topological polar surface area (TPSA) is 32.7 Å². The molecular formula is C13H19NO2S. The fourth-order valence-corrected chi connectivity index (χ4v) is 2.46. The molecule has 1 aromatic carbocycles. The zero-order valence-corrected chi connectivity index (χ0v) is 11.2. The van der Waals surface area contributed by atoms with E-state index in [0.717, 1.165) is 6.54 Å². The molecule has 17 heavy (non-hydrogen) atoms. The Morgan fingerprint density at radius 2 is 2.00 bits per heavy atom. The summed E-state index contributed by atoms with van der Waals surface area (Å²) < 4.78 is 5.21. The van der Waals surface area contributed by atoms with E-state index in [2.05, 4.69) is 42.5 Å². The molecule has 0 saturated carbocycles. The highest BCUT2D eigenvalue weighted by atomic mass is 32.2. The normalized spacial score (nSPS) is 17.6. The molecule has 1 aliphatic rings. The number of hydrogen-bond donors (Lipinski definition) is 1. The summed E-state index contributed by atoms with van der Waals surface area (Å²) in [5, 5.41) is 9.40. The minimum absolute atomic E-state index is 0.0626. The highest BCUT2D eigenvalue weighted by Gasteiger charge is 2.39. The molecule has 2 rings (SSSR count). The van der Waals surface area contributed by atoms with E-state index in [-0.39, 0.29) is 12.0 Å². The molecule has 4 heteroatoms. The highest BCUT2D eigenvalue weighted by Crippen LogP contribution is 2.29. The number of benzene rings is 1. The molecule has 0 spiro atoms. The van der Waals surface area contributed by atoms with Crippen molar-refractivity contribution in [3.8, 4) is 0 Å². The van der Waals surface area contributed by atoms with E-state index < -0.39 is 0 Å². The van der Waals surface area contributed by atoms with Gasteiger partial charge in [0.15, 0.2) is 0 Å². The van der Waals surface area contributed by atoms with Crippen LogP contribution in [0.4, 0.5) is 5.69 Å². The zero-order valence-electron chi connectivity index (χ0n) is 10.3. The fraction of sp³-hybridized carbons (Fsp3) is 0.538. The molecular weight excluding hydrogens is 234 g/mol. The largest absolute Gasteiger partial charge is 0.396 e. The van der Waals surface area contributed by atoms with Gasteiger partial charge in [-0.2, -0.15) is 0 Å². The summed E-state index contributed by atoms with van der Waals surface area (Å²) in [5.41, 5.74) is 1.12. The summed E-state index contributed by atoms with van der Waals surface area (Å²) >= 11 is 1.74. The maximum absolute atomic E-state index is 9.40. The smallest absolute Gasteiger partial charge is 0.0584 e. The van der Waals surface area contributed by atoms with Gasteiger partial charge in [-0.05, 0) is 30.5 Å². The predicted octanol–water partition coefficient (Wildman–Crippen LogP) is 1.85. The first-order chi connectivity index (χ1) is 8.19. The third kappa shape index (κ3) is 2.76. The lowest BCUT2D eigenvalue weighted by Crippen LogP contribution is -2.52. The molecule has 0 atom stereocenters. The van der Waals surface area contributed by atoms with Crippen molar-refractivity contribution in [3.63, 3.8) is 0 Å². The molecule has 0 amide bonds. The van der Waals surface area contributed by atoms with Gasteiger partial charge in [-0.25, -0.2) is 0 Å². The molecule has 1 fully saturated rings. The number of aliphatic hydroxyl groups is 1. The molecule has 0 unspecified atom stereocenters. The van der Waals surface area contributed by atoms with Crippen LogP contribution in [0.25, 0.3) is 0 Å². The minimum atomic E-state index is -0.0626. The lowest BCUT2D eigenvalue weighted by atomic mass is 9.86. The Kier molecular flexibility index (Phi) is 3.97. The summed E-state index contributed by atoms with van der Waals surface area (Å²) in [7, 11) is 2.06. The van der Waals surface area contributed by atoms with Gasteiger partial charge in [0.05, 0.1) is 25.2 Å². The van der Waals surface area contributed by atoms with E-state index in [4.69, 9.17) is 4.74 Å². The molecule has 0 aliphatic carbocycles. The average molecular weight is 253 g/mol. The molecule has 1 aliphatic heterocycles. The van der Waals surface area contributed by atoms with E-state index in [9.17, 15) is 5.11 Å². The number of aliphatic hydroxyl groups excluding tert-OH is 1. The average Bonchev–Trinajstić information content (AvgIpc) is 2.33. The molecule has 1 N–H and O–H groups in total. The highest BCUT2D eigenvalue weighted by molar-refractivity contribution is 7.98. The fourth-order valence-electron chi connectivity index (χ4n) is 2.05. The van der Waals surface area contributed by atoms with Crippen LogP contribution >= 0.6 is 11.8 Å². The quantitative estimate of drug-likeness (QED) is 0.812. The van der Waals surface area contributed by atoms with Crippen LogP contribution < -0.4 is 4.90 Å². The molecule has 1 heterocycles. The van der Waals surface area contributed by atoms with Crippen molar-refractivity contribution in [1.29, 1.82) is 0 Å². The first-order valence-corrected chi connectivity index (χ1v) is 6.95. The molecule has 1 saturated heterocycles. The van der Waals surface area contributed by atoms with E-state index in [1.807, 2.05) is 0 Å². The Labute approximate surface area is 107 Å². The minimum Gasteiger partial charge on any atom is -0.396 e. The molecule has 0 aromatic heterocycles. The SMILES string of the molecule is CSc1ccc(N(C)CC2(CO)COC2)cc1. The Morgan fingerprint density at radius 3 is 2.41 bits per heavy atom. The van der Waals surface area contributed by atoms with Crippen LogP contribution in [0.2, 0.25) is 0 Å². The van der Waals surface area contributed by atoms with Crippen molar-refractivity contribution in [3.05, 3.63) is 24.3 Å². The summed E-state index contributed by atoms with van der Waals surface area (Å²) in [4.78, 5) is 3.45. The van der Waals surface area contributed by atoms with Crippen molar-refractivity contribution in [2.45, 2.75) is 4.90 Å². The lowest BCUT2D eigenvalue weighted by Gasteiger charge is -2.42. The number of nitrogens with zero attached hydrogens (tertiary/aromatic N) is 1. The van der Waals surface area contributed by atoms with Gasteiger partial charge in [-0.1, -0.05) is 0 Å². The number of anilines is 1.